The van der Waals surface area contributed by atoms with Crippen LogP contribution >= 0.6 is 0 Å². The number of nitrogens with zero attached hydrogens (tertiary/aromatic N) is 4. The van der Waals surface area contributed by atoms with Crippen LogP contribution in [0.2, 0.25) is 0 Å². The number of nitrogens with one attached hydrogen (secondary N) is 1. The van der Waals surface area contributed by atoms with Gasteiger partial charge in [0.05, 0.1) is 5.69 Å². The van der Waals surface area contributed by atoms with Crippen LogP contribution in [0.5, 0.6) is 0 Å². The molecule has 0 aliphatic carbocycles. The van der Waals surface area contributed by atoms with E-state index in [1.165, 1.54) is 6.33 Å². The Hall–Kier alpha value is -1.75. The molecule has 0 aromatic carbocycles. The molecule has 2 rings (SSSR count). The van der Waals surface area contributed by atoms with Crippen LogP contribution in [0.1, 0.15) is 18.2 Å². The van der Waals surface area contributed by atoms with Crippen molar-refractivity contribution in [3.8, 4) is 5.69 Å². The fraction of sp³-hybridized carbons (Fsp3) is 0.364. The minimum absolute atomic E-state index is 0.791. The summed E-state index contributed by atoms with van der Waals surface area (Å²) < 4.78 is 1.77. The second-order valence-electron chi connectivity index (χ2n) is 3.57. The van der Waals surface area contributed by atoms with Crippen LogP contribution in [0.15, 0.2) is 24.9 Å². The van der Waals surface area contributed by atoms with Crippen LogP contribution in [0.4, 0.5) is 0 Å². The number of hydrogen-bond donors (Lipinski definition) is 1. The van der Waals surface area contributed by atoms with Gasteiger partial charge in [0, 0.05) is 24.0 Å². The molecule has 0 saturated heterocycles. The zero-order valence-electron chi connectivity index (χ0n) is 9.51. The van der Waals surface area contributed by atoms with E-state index in [1.54, 1.807) is 11.0 Å². The van der Waals surface area contributed by atoms with E-state index in [1.807, 2.05) is 19.2 Å². The number of pyridine rings is 1. The SMILES string of the molecule is CCNCc1cnc(C)cc1-n1cncn1. The fourth-order valence-corrected chi connectivity index (χ4v) is 1.52. The molecule has 5 nitrogen and oxygen atoms in total. The van der Waals surface area contributed by atoms with Crippen LogP contribution in [0, 0.1) is 6.92 Å². The van der Waals surface area contributed by atoms with Gasteiger partial charge < -0.3 is 5.32 Å². The standard InChI is InChI=1S/C11H15N5/c1-3-12-5-10-6-14-9(2)4-11(10)16-8-13-7-15-16/h4,6-8,12H,3,5H2,1-2H3. The first-order valence-electron chi connectivity index (χ1n) is 5.32. The number of hydrogen-bond acceptors (Lipinski definition) is 4. The van der Waals surface area contributed by atoms with Gasteiger partial charge in [0.2, 0.25) is 0 Å². The number of aryl methyl sites for hydroxylation is 1. The maximum Gasteiger partial charge on any atom is 0.138 e. The summed E-state index contributed by atoms with van der Waals surface area (Å²) in [5.74, 6) is 0. The molecular weight excluding hydrogens is 202 g/mol. The van der Waals surface area contributed by atoms with Gasteiger partial charge in [-0.1, -0.05) is 6.92 Å². The molecule has 2 heterocycles. The lowest BCUT2D eigenvalue weighted by Gasteiger charge is -2.09. The summed E-state index contributed by atoms with van der Waals surface area (Å²) in [5.41, 5.74) is 3.13. The van der Waals surface area contributed by atoms with Crippen molar-refractivity contribution in [1.82, 2.24) is 25.1 Å². The first-order valence-corrected chi connectivity index (χ1v) is 5.32. The van der Waals surface area contributed by atoms with Crippen LogP contribution < -0.4 is 5.32 Å². The van der Waals surface area contributed by atoms with E-state index in [0.29, 0.717) is 0 Å². The maximum atomic E-state index is 4.30. The summed E-state index contributed by atoms with van der Waals surface area (Å²) in [4.78, 5) is 8.26. The van der Waals surface area contributed by atoms with Crippen LogP contribution in [0.25, 0.3) is 5.69 Å². The molecule has 2 aromatic rings. The third-order valence-electron chi connectivity index (χ3n) is 2.33. The molecule has 0 saturated carbocycles. The first-order chi connectivity index (χ1) is 7.81. The van der Waals surface area contributed by atoms with Crippen LogP contribution in [-0.4, -0.2) is 26.3 Å². The van der Waals surface area contributed by atoms with Crippen molar-refractivity contribution in [2.75, 3.05) is 6.54 Å². The van der Waals surface area contributed by atoms with Crippen molar-refractivity contribution in [2.45, 2.75) is 20.4 Å². The van der Waals surface area contributed by atoms with Crippen molar-refractivity contribution in [3.05, 3.63) is 36.2 Å². The molecule has 0 aliphatic heterocycles. The van der Waals surface area contributed by atoms with E-state index >= 15 is 0 Å². The monoisotopic (exact) mass is 217 g/mol. The number of rotatable bonds is 4. The highest BCUT2D eigenvalue weighted by Crippen LogP contribution is 2.13. The molecule has 0 fully saturated rings. The third kappa shape index (κ3) is 2.25. The first kappa shape index (κ1) is 10.8. The molecule has 1 N–H and O–H groups in total. The largest absolute Gasteiger partial charge is 0.313 e. The molecule has 0 unspecified atom stereocenters. The Morgan fingerprint density at radius 2 is 2.31 bits per heavy atom. The molecule has 0 radical (unpaired) electrons. The molecule has 2 aromatic heterocycles. The lowest BCUT2D eigenvalue weighted by Crippen LogP contribution is -2.14. The van der Waals surface area contributed by atoms with Gasteiger partial charge in [0.1, 0.15) is 12.7 Å². The molecule has 0 atom stereocenters. The second-order valence-corrected chi connectivity index (χ2v) is 3.57. The normalized spacial score (nSPS) is 10.6. The second kappa shape index (κ2) is 4.85. The van der Waals surface area contributed by atoms with E-state index in [9.17, 15) is 0 Å². The van der Waals surface area contributed by atoms with Crippen molar-refractivity contribution in [3.63, 3.8) is 0 Å². The predicted octanol–water partition coefficient (Wildman–Crippen LogP) is 1.08. The Morgan fingerprint density at radius 1 is 1.44 bits per heavy atom. The Labute approximate surface area is 94.5 Å². The Bertz CT molecular complexity index is 449. The minimum Gasteiger partial charge on any atom is -0.313 e. The zero-order chi connectivity index (χ0) is 11.4. The highest BCUT2D eigenvalue weighted by molar-refractivity contribution is 5.39. The minimum atomic E-state index is 0.791. The van der Waals surface area contributed by atoms with Crippen LogP contribution in [-0.2, 0) is 6.54 Å². The lowest BCUT2D eigenvalue weighted by atomic mass is 10.2. The van der Waals surface area contributed by atoms with Gasteiger partial charge in [-0.25, -0.2) is 9.67 Å². The van der Waals surface area contributed by atoms with E-state index in [4.69, 9.17) is 0 Å². The highest BCUT2D eigenvalue weighted by Gasteiger charge is 2.05. The average Bonchev–Trinajstić information content (AvgIpc) is 2.80. The summed E-state index contributed by atoms with van der Waals surface area (Å²) in [5, 5.41) is 7.43. The quantitative estimate of drug-likeness (QED) is 0.832. The topological polar surface area (TPSA) is 55.6 Å². The summed E-state index contributed by atoms with van der Waals surface area (Å²) >= 11 is 0. The lowest BCUT2D eigenvalue weighted by molar-refractivity contribution is 0.713. The Balaban J connectivity index is 2.37. The van der Waals surface area contributed by atoms with Crippen molar-refractivity contribution < 1.29 is 0 Å². The Morgan fingerprint density at radius 3 is 3.00 bits per heavy atom. The van der Waals surface area contributed by atoms with Gasteiger partial charge >= 0.3 is 0 Å². The van der Waals surface area contributed by atoms with Gasteiger partial charge in [0.25, 0.3) is 0 Å². The summed E-state index contributed by atoms with van der Waals surface area (Å²) in [6.45, 7) is 5.78. The van der Waals surface area contributed by atoms with E-state index in [-0.39, 0.29) is 0 Å². The van der Waals surface area contributed by atoms with Gasteiger partial charge in [-0.2, -0.15) is 5.10 Å². The molecular formula is C11H15N5. The highest BCUT2D eigenvalue weighted by atomic mass is 15.3. The predicted molar refractivity (Wildman–Crippen MR) is 61.3 cm³/mol. The van der Waals surface area contributed by atoms with Crippen molar-refractivity contribution in [1.29, 1.82) is 0 Å². The van der Waals surface area contributed by atoms with Gasteiger partial charge in [-0.15, -0.1) is 0 Å². The average molecular weight is 217 g/mol. The van der Waals surface area contributed by atoms with E-state index in [0.717, 1.165) is 30.0 Å². The van der Waals surface area contributed by atoms with Crippen molar-refractivity contribution in [2.24, 2.45) is 0 Å². The molecule has 0 spiro atoms. The molecule has 16 heavy (non-hydrogen) atoms. The molecule has 0 bridgehead atoms. The number of aromatic nitrogens is 4. The molecule has 0 aliphatic rings. The van der Waals surface area contributed by atoms with Crippen molar-refractivity contribution >= 4 is 0 Å². The van der Waals surface area contributed by atoms with Crippen LogP contribution in [0.3, 0.4) is 0 Å². The zero-order valence-corrected chi connectivity index (χ0v) is 9.51. The van der Waals surface area contributed by atoms with Gasteiger partial charge in [0.15, 0.2) is 0 Å². The Kier molecular flexibility index (Phi) is 3.26. The summed E-state index contributed by atoms with van der Waals surface area (Å²) in [6.07, 6.45) is 5.12. The fourth-order valence-electron chi connectivity index (χ4n) is 1.52. The smallest absolute Gasteiger partial charge is 0.138 e. The van der Waals surface area contributed by atoms with E-state index in [2.05, 4.69) is 27.3 Å². The van der Waals surface area contributed by atoms with Gasteiger partial charge in [-0.05, 0) is 19.5 Å². The van der Waals surface area contributed by atoms with Gasteiger partial charge in [-0.3, -0.25) is 4.98 Å². The summed E-state index contributed by atoms with van der Waals surface area (Å²) in [6, 6.07) is 2.02. The molecule has 5 heteroatoms. The summed E-state index contributed by atoms with van der Waals surface area (Å²) in [7, 11) is 0. The molecule has 0 amide bonds. The maximum absolute atomic E-state index is 4.30. The molecule has 84 valence electrons. The third-order valence-corrected chi connectivity index (χ3v) is 2.33. The van der Waals surface area contributed by atoms with E-state index < -0.39 is 0 Å².